The molecule has 1 fully saturated rings. The summed E-state index contributed by atoms with van der Waals surface area (Å²) in [5.74, 6) is 0.658. The van der Waals surface area contributed by atoms with Crippen molar-refractivity contribution in [2.24, 2.45) is 0 Å². The lowest BCUT2D eigenvalue weighted by Gasteiger charge is -2.37. The number of nitrogens with zero attached hydrogens (tertiary/aromatic N) is 2. The van der Waals surface area contributed by atoms with Crippen molar-refractivity contribution in [2.45, 2.75) is 24.4 Å². The molecule has 1 aromatic heterocycles. The maximum Gasteiger partial charge on any atom is 0.321 e. The van der Waals surface area contributed by atoms with Crippen molar-refractivity contribution in [1.29, 1.82) is 0 Å². The second-order valence-corrected chi connectivity index (χ2v) is 4.57. The summed E-state index contributed by atoms with van der Waals surface area (Å²) >= 11 is 0. The average Bonchev–Trinajstić information content (AvgIpc) is 2.51. The molecule has 2 rings (SSSR count). The van der Waals surface area contributed by atoms with Gasteiger partial charge in [0.05, 0.1) is 33.5 Å². The van der Waals surface area contributed by atoms with Crippen LogP contribution in [0.25, 0.3) is 0 Å². The molecule has 0 saturated carbocycles. The first-order chi connectivity index (χ1) is 10.1. The molecule has 0 amide bonds. The molecule has 9 heteroatoms. The lowest BCUT2D eigenvalue weighted by atomic mass is 9.98. The quantitative estimate of drug-likeness (QED) is 0.508. The van der Waals surface area contributed by atoms with E-state index in [4.69, 9.17) is 19.3 Å². The highest BCUT2D eigenvalue weighted by Crippen LogP contribution is 2.22. The molecule has 1 aliphatic rings. The predicted octanol–water partition coefficient (Wildman–Crippen LogP) is -1.61. The second kappa shape index (κ2) is 6.85. The van der Waals surface area contributed by atoms with Crippen LogP contribution < -0.4 is 14.8 Å². The molecular formula is C12H19N3O6. The normalized spacial score (nSPS) is 29.0. The van der Waals surface area contributed by atoms with Gasteiger partial charge in [0, 0.05) is 6.07 Å². The van der Waals surface area contributed by atoms with Gasteiger partial charge in [0.1, 0.15) is 24.1 Å². The van der Waals surface area contributed by atoms with Crippen LogP contribution in [-0.2, 0) is 4.74 Å². The zero-order valence-electron chi connectivity index (χ0n) is 11.8. The number of hydrogen-bond acceptors (Lipinski definition) is 9. The van der Waals surface area contributed by atoms with Crippen LogP contribution in [-0.4, -0.2) is 77.1 Å². The summed E-state index contributed by atoms with van der Waals surface area (Å²) in [6.45, 7) is -0.252. The number of methoxy groups -OCH3 is 2. The van der Waals surface area contributed by atoms with Gasteiger partial charge in [0.25, 0.3) is 0 Å². The number of rotatable bonds is 5. The van der Waals surface area contributed by atoms with E-state index in [0.717, 1.165) is 0 Å². The molecule has 4 N–H and O–H groups in total. The minimum absolute atomic E-state index is 0.108. The van der Waals surface area contributed by atoms with Crippen molar-refractivity contribution >= 4 is 5.82 Å². The molecule has 2 heterocycles. The highest BCUT2D eigenvalue weighted by Gasteiger charge is 2.38. The molecule has 21 heavy (non-hydrogen) atoms. The first-order valence-electron chi connectivity index (χ1n) is 6.41. The number of ether oxygens (including phenoxy) is 3. The Morgan fingerprint density at radius 3 is 2.67 bits per heavy atom. The Hall–Kier alpha value is -1.68. The van der Waals surface area contributed by atoms with Gasteiger partial charge >= 0.3 is 6.01 Å². The summed E-state index contributed by atoms with van der Waals surface area (Å²) in [6.07, 6.45) is -3.10. The Kier molecular flexibility index (Phi) is 5.12. The van der Waals surface area contributed by atoms with Crippen LogP contribution in [0.5, 0.6) is 11.9 Å². The highest BCUT2D eigenvalue weighted by atomic mass is 16.5. The summed E-state index contributed by atoms with van der Waals surface area (Å²) in [5, 5.41) is 31.8. The molecule has 0 bridgehead atoms. The van der Waals surface area contributed by atoms with E-state index < -0.39 is 24.4 Å². The lowest BCUT2D eigenvalue weighted by Crippen LogP contribution is -2.56. The van der Waals surface area contributed by atoms with Crippen LogP contribution in [0.2, 0.25) is 0 Å². The fourth-order valence-corrected chi connectivity index (χ4v) is 2.03. The molecule has 4 atom stereocenters. The minimum atomic E-state index is -1.19. The smallest absolute Gasteiger partial charge is 0.321 e. The van der Waals surface area contributed by atoms with Crippen LogP contribution >= 0.6 is 0 Å². The van der Waals surface area contributed by atoms with Crippen molar-refractivity contribution in [3.05, 3.63) is 6.07 Å². The van der Waals surface area contributed by atoms with E-state index >= 15 is 0 Å². The van der Waals surface area contributed by atoms with E-state index in [1.165, 1.54) is 20.3 Å². The Morgan fingerprint density at radius 2 is 2.05 bits per heavy atom. The number of anilines is 1. The Labute approximate surface area is 121 Å². The topological polar surface area (TPSA) is 126 Å². The molecule has 0 aromatic carbocycles. The summed E-state index contributed by atoms with van der Waals surface area (Å²) in [7, 11) is 2.88. The van der Waals surface area contributed by atoms with Crippen molar-refractivity contribution in [1.82, 2.24) is 9.97 Å². The highest BCUT2D eigenvalue weighted by molar-refractivity contribution is 5.41. The number of aliphatic hydroxyl groups excluding tert-OH is 3. The zero-order valence-corrected chi connectivity index (χ0v) is 11.8. The number of aromatic nitrogens is 2. The predicted molar refractivity (Wildman–Crippen MR) is 71.4 cm³/mol. The third-order valence-electron chi connectivity index (χ3n) is 3.22. The molecule has 9 nitrogen and oxygen atoms in total. The van der Waals surface area contributed by atoms with Crippen LogP contribution in [0.3, 0.4) is 0 Å². The third kappa shape index (κ3) is 3.50. The minimum Gasteiger partial charge on any atom is -0.481 e. The molecule has 1 saturated heterocycles. The molecule has 118 valence electrons. The van der Waals surface area contributed by atoms with E-state index in [1.807, 2.05) is 0 Å². The van der Waals surface area contributed by atoms with Crippen molar-refractivity contribution in [2.75, 3.05) is 32.8 Å². The summed E-state index contributed by atoms with van der Waals surface area (Å²) in [6, 6.07) is 1.05. The maximum absolute atomic E-state index is 10.0. The first-order valence-corrected chi connectivity index (χ1v) is 6.41. The van der Waals surface area contributed by atoms with Gasteiger partial charge in [-0.2, -0.15) is 9.97 Å². The lowest BCUT2D eigenvalue weighted by molar-refractivity contribution is -0.152. The number of aliphatic hydroxyl groups is 3. The van der Waals surface area contributed by atoms with Crippen molar-refractivity contribution in [3.8, 4) is 11.9 Å². The average molecular weight is 301 g/mol. The van der Waals surface area contributed by atoms with E-state index in [0.29, 0.717) is 11.7 Å². The Morgan fingerprint density at radius 1 is 1.29 bits per heavy atom. The standard InChI is InChI=1S/C12H19N3O6/c1-19-9-3-8(14-12(15-9)20-2)13-6-5-21-7(4-16)11(18)10(6)17/h3,6-7,10-11,16-18H,4-5H2,1-2H3,(H,13,14,15)/t6-,7+,10+,11-/m0/s1. The van der Waals surface area contributed by atoms with Gasteiger partial charge in [0.2, 0.25) is 5.88 Å². The van der Waals surface area contributed by atoms with Gasteiger partial charge in [-0.1, -0.05) is 0 Å². The van der Waals surface area contributed by atoms with E-state index in [1.54, 1.807) is 0 Å². The van der Waals surface area contributed by atoms with Gasteiger partial charge < -0.3 is 34.8 Å². The fraction of sp³-hybridized carbons (Fsp3) is 0.667. The van der Waals surface area contributed by atoms with Crippen LogP contribution in [0.1, 0.15) is 0 Å². The van der Waals surface area contributed by atoms with E-state index in [2.05, 4.69) is 15.3 Å². The molecule has 1 aromatic rings. The summed E-state index contributed by atoms with van der Waals surface area (Å²) in [5.41, 5.74) is 0. The van der Waals surface area contributed by atoms with Gasteiger partial charge in [-0.25, -0.2) is 0 Å². The van der Waals surface area contributed by atoms with Crippen LogP contribution in [0.15, 0.2) is 6.07 Å². The van der Waals surface area contributed by atoms with Crippen LogP contribution in [0.4, 0.5) is 5.82 Å². The zero-order chi connectivity index (χ0) is 15.4. The molecule has 0 spiro atoms. The van der Waals surface area contributed by atoms with Gasteiger partial charge in [-0.05, 0) is 0 Å². The SMILES string of the molecule is COc1cc(N[C@H]2CO[C@H](CO)[C@H](O)[C@@H]2O)nc(OC)n1. The largest absolute Gasteiger partial charge is 0.481 e. The first kappa shape index (κ1) is 15.7. The third-order valence-corrected chi connectivity index (χ3v) is 3.22. The molecular weight excluding hydrogens is 282 g/mol. The van der Waals surface area contributed by atoms with Gasteiger partial charge in [-0.15, -0.1) is 0 Å². The van der Waals surface area contributed by atoms with E-state index in [9.17, 15) is 10.2 Å². The van der Waals surface area contributed by atoms with Gasteiger partial charge in [0.15, 0.2) is 0 Å². The van der Waals surface area contributed by atoms with Crippen molar-refractivity contribution in [3.63, 3.8) is 0 Å². The Bertz CT molecular complexity index is 452. The summed E-state index contributed by atoms with van der Waals surface area (Å²) < 4.78 is 15.3. The second-order valence-electron chi connectivity index (χ2n) is 4.57. The van der Waals surface area contributed by atoms with E-state index in [-0.39, 0.29) is 19.2 Å². The Balaban J connectivity index is 2.11. The molecule has 0 radical (unpaired) electrons. The van der Waals surface area contributed by atoms with Gasteiger partial charge in [-0.3, -0.25) is 0 Å². The maximum atomic E-state index is 10.0. The number of nitrogens with one attached hydrogen (secondary N) is 1. The summed E-state index contributed by atoms with van der Waals surface area (Å²) in [4.78, 5) is 8.02. The molecule has 1 aliphatic heterocycles. The monoisotopic (exact) mass is 301 g/mol. The number of hydrogen-bond donors (Lipinski definition) is 4. The fourth-order valence-electron chi connectivity index (χ4n) is 2.03. The molecule has 0 aliphatic carbocycles. The van der Waals surface area contributed by atoms with Crippen molar-refractivity contribution < 1.29 is 29.5 Å². The van der Waals surface area contributed by atoms with Crippen LogP contribution in [0, 0.1) is 0 Å². The molecule has 0 unspecified atom stereocenters.